The lowest BCUT2D eigenvalue weighted by Gasteiger charge is -2.40. The van der Waals surface area contributed by atoms with E-state index in [1.54, 1.807) is 29.4 Å². The molecular weight excluding hydrogens is 899 g/mol. The minimum Gasteiger partial charge on any atom is -0.494 e. The Labute approximate surface area is 405 Å². The molecule has 4 aliphatic heterocycles. The van der Waals surface area contributed by atoms with E-state index in [1.165, 1.54) is 0 Å². The second-order valence-corrected chi connectivity index (χ2v) is 19.0. The van der Waals surface area contributed by atoms with Gasteiger partial charge in [-0.15, -0.1) is 0 Å². The zero-order valence-corrected chi connectivity index (χ0v) is 39.7. The third-order valence-corrected chi connectivity index (χ3v) is 13.3. The van der Waals surface area contributed by atoms with Crippen LogP contribution in [-0.2, 0) is 24.5 Å². The summed E-state index contributed by atoms with van der Waals surface area (Å²) >= 11 is 0. The number of aromatic nitrogens is 4. The second kappa shape index (κ2) is 20.7. The van der Waals surface area contributed by atoms with Gasteiger partial charge in [0.15, 0.2) is 12.5 Å². The molecule has 3 aromatic carbocycles. The minimum absolute atomic E-state index is 0.0195. The smallest absolute Gasteiger partial charge is 0.411 e. The second-order valence-electron chi connectivity index (χ2n) is 19.0. The van der Waals surface area contributed by atoms with E-state index in [-0.39, 0.29) is 29.4 Å². The van der Waals surface area contributed by atoms with E-state index < -0.39 is 48.5 Å². The topological polar surface area (TPSA) is 226 Å². The van der Waals surface area contributed by atoms with E-state index in [2.05, 4.69) is 56.8 Å². The minimum atomic E-state index is -1.21. The number of nitrogens with one attached hydrogen (secondary N) is 4. The summed E-state index contributed by atoms with van der Waals surface area (Å²) in [5, 5.41) is 16.0. The van der Waals surface area contributed by atoms with Gasteiger partial charge in [-0.05, 0) is 87.1 Å². The van der Waals surface area contributed by atoms with Gasteiger partial charge in [0, 0.05) is 85.5 Å². The number of hydrogen-bond donors (Lipinski definition) is 4. The average molecular weight is 958 g/mol. The Morgan fingerprint density at radius 3 is 2.41 bits per heavy atom. The van der Waals surface area contributed by atoms with Crippen molar-refractivity contribution >= 4 is 64.0 Å². The van der Waals surface area contributed by atoms with Crippen molar-refractivity contribution in [3.63, 3.8) is 0 Å². The Balaban J connectivity index is 0.707. The van der Waals surface area contributed by atoms with Gasteiger partial charge in [-0.3, -0.25) is 44.0 Å². The summed E-state index contributed by atoms with van der Waals surface area (Å²) in [6.45, 7) is 10.7. The predicted octanol–water partition coefficient (Wildman–Crippen LogP) is 6.36. The maximum Gasteiger partial charge on any atom is 0.411 e. The molecule has 368 valence electrons. The Hall–Kier alpha value is -7.32. The number of anilines is 3. The monoisotopic (exact) mass is 957 g/mol. The summed E-state index contributed by atoms with van der Waals surface area (Å²) < 4.78 is 19.0. The van der Waals surface area contributed by atoms with Crippen molar-refractivity contribution in [3.8, 4) is 11.4 Å². The molecule has 70 heavy (non-hydrogen) atoms. The molecule has 6 heterocycles. The first-order valence-corrected chi connectivity index (χ1v) is 24.0. The summed E-state index contributed by atoms with van der Waals surface area (Å²) in [7, 11) is 0. The van der Waals surface area contributed by atoms with Gasteiger partial charge in [0.2, 0.25) is 5.91 Å². The summed E-state index contributed by atoms with van der Waals surface area (Å²) in [5.41, 5.74) is 4.81. The Morgan fingerprint density at radius 1 is 0.871 bits per heavy atom. The lowest BCUT2D eigenvalue weighted by Crippen LogP contribution is -2.57. The fourth-order valence-electron chi connectivity index (χ4n) is 9.36. The van der Waals surface area contributed by atoms with Crippen LogP contribution in [0, 0.1) is 0 Å². The highest BCUT2D eigenvalue weighted by Crippen LogP contribution is 2.34. The lowest BCUT2D eigenvalue weighted by atomic mass is 9.92. The van der Waals surface area contributed by atoms with Crippen LogP contribution in [0.15, 0.2) is 73.1 Å². The molecule has 0 saturated carbocycles. The number of ether oxygens (including phenoxy) is 3. The van der Waals surface area contributed by atoms with Crippen LogP contribution >= 0.6 is 0 Å². The van der Waals surface area contributed by atoms with Gasteiger partial charge in [-0.2, -0.15) is 5.10 Å². The number of rotatable bonds is 15. The number of imide groups is 2. The molecule has 0 aliphatic carbocycles. The van der Waals surface area contributed by atoms with Crippen molar-refractivity contribution in [2.75, 3.05) is 75.2 Å². The molecule has 3 saturated heterocycles. The molecule has 2 aromatic heterocycles. The number of nitrogens with zero attached hydrogens (tertiary/aromatic N) is 7. The van der Waals surface area contributed by atoms with Crippen LogP contribution < -0.4 is 20.7 Å². The number of carbonyl (C=O) groups excluding carboxylic acids is 6. The maximum atomic E-state index is 13.9. The van der Waals surface area contributed by atoms with Gasteiger partial charge >= 0.3 is 12.1 Å². The quantitative estimate of drug-likeness (QED) is 0.0663. The first-order valence-electron chi connectivity index (χ1n) is 24.0. The third-order valence-electron chi connectivity index (χ3n) is 13.3. The van der Waals surface area contributed by atoms with Crippen molar-refractivity contribution in [1.82, 2.24) is 39.3 Å². The number of morpholine rings is 1. The molecule has 0 bridgehead atoms. The van der Waals surface area contributed by atoms with Crippen LogP contribution in [0.25, 0.3) is 16.7 Å². The molecule has 3 fully saturated rings. The number of H-pyrrole nitrogens is 1. The van der Waals surface area contributed by atoms with Gasteiger partial charge in [0.1, 0.15) is 18.1 Å². The van der Waals surface area contributed by atoms with Crippen LogP contribution in [0.2, 0.25) is 0 Å². The van der Waals surface area contributed by atoms with Crippen molar-refractivity contribution in [3.05, 3.63) is 89.9 Å². The summed E-state index contributed by atoms with van der Waals surface area (Å²) in [4.78, 5) is 90.2. The van der Waals surface area contributed by atoms with Crippen LogP contribution in [-0.4, -0.2) is 146 Å². The number of aromatic amines is 1. The molecule has 20 heteroatoms. The summed E-state index contributed by atoms with van der Waals surface area (Å²) in [5.74, 6) is -1.36. The van der Waals surface area contributed by atoms with Crippen molar-refractivity contribution in [2.24, 2.45) is 0 Å². The number of fused-ring (bicyclic) bond motifs is 2. The standard InChI is InChI=1S/C50H59N11O9/c1-50(2,3)41-29-42(56-55-41)54-48(66)53-32-10-12-34(13-11-32)59-30-52-38-28-35(14-15-39(38)59)69-25-6-4-5-20-51-37-9-7-8-36-44(37)47(65)61(45(36)63)40-16-17-43(62)60(46(40)64)31-70-49(67)58-21-18-33(19-22-58)57-23-26-68-27-24-57/h7-15,28-30,33,40,51H,4-6,16-27,31H2,1-3H3,(H3,53,54,55,56,66). The van der Waals surface area contributed by atoms with Gasteiger partial charge in [-0.25, -0.2) is 19.5 Å². The number of carbonyl (C=O) groups is 6. The maximum absolute atomic E-state index is 13.9. The Bertz CT molecular complexity index is 2750. The van der Waals surface area contributed by atoms with Crippen LogP contribution in [0.3, 0.4) is 0 Å². The van der Waals surface area contributed by atoms with Gasteiger partial charge in [0.25, 0.3) is 17.7 Å². The van der Waals surface area contributed by atoms with E-state index in [0.29, 0.717) is 68.4 Å². The highest BCUT2D eigenvalue weighted by Gasteiger charge is 2.48. The number of unbranched alkanes of at least 4 members (excludes halogenated alkanes) is 2. The van der Waals surface area contributed by atoms with Crippen LogP contribution in [0.4, 0.5) is 26.8 Å². The average Bonchev–Trinajstić information content (AvgIpc) is 4.08. The van der Waals surface area contributed by atoms with E-state index in [4.69, 9.17) is 14.2 Å². The largest absolute Gasteiger partial charge is 0.494 e. The number of likely N-dealkylation sites (tertiary alicyclic amines) is 2. The van der Waals surface area contributed by atoms with Crippen LogP contribution in [0.1, 0.15) is 92.1 Å². The predicted molar refractivity (Wildman–Crippen MR) is 259 cm³/mol. The number of urea groups is 1. The van der Waals surface area contributed by atoms with E-state index in [1.807, 2.05) is 53.1 Å². The van der Waals surface area contributed by atoms with Gasteiger partial charge in [-0.1, -0.05) is 26.8 Å². The molecule has 5 aromatic rings. The summed E-state index contributed by atoms with van der Waals surface area (Å²) in [6.07, 6.45) is 4.94. The van der Waals surface area contributed by atoms with E-state index in [0.717, 1.165) is 77.4 Å². The highest BCUT2D eigenvalue weighted by molar-refractivity contribution is 6.25. The normalized spacial score (nSPS) is 18.1. The van der Waals surface area contributed by atoms with Crippen molar-refractivity contribution in [2.45, 2.75) is 83.2 Å². The van der Waals surface area contributed by atoms with E-state index in [9.17, 15) is 28.8 Å². The molecule has 0 radical (unpaired) electrons. The molecule has 0 spiro atoms. The van der Waals surface area contributed by atoms with Crippen molar-refractivity contribution < 1.29 is 43.0 Å². The molecular formula is C50H59N11O9. The summed E-state index contributed by atoms with van der Waals surface area (Å²) in [6, 6.07) is 18.7. The van der Waals surface area contributed by atoms with Gasteiger partial charge < -0.3 is 29.7 Å². The number of imidazole rings is 1. The third kappa shape index (κ3) is 10.5. The Morgan fingerprint density at radius 2 is 1.66 bits per heavy atom. The van der Waals surface area contributed by atoms with Crippen LogP contribution in [0.5, 0.6) is 5.75 Å². The molecule has 1 atom stereocenters. The highest BCUT2D eigenvalue weighted by atomic mass is 16.6. The number of piperidine rings is 2. The fraction of sp³-hybridized carbons (Fsp3) is 0.440. The molecule has 1 unspecified atom stereocenters. The zero-order valence-electron chi connectivity index (χ0n) is 39.7. The fourth-order valence-corrected chi connectivity index (χ4v) is 9.36. The number of amides is 7. The first-order chi connectivity index (χ1) is 33.8. The number of benzene rings is 3. The molecule has 20 nitrogen and oxygen atoms in total. The lowest BCUT2D eigenvalue weighted by molar-refractivity contribution is -0.156. The molecule has 4 N–H and O–H groups in total. The Kier molecular flexibility index (Phi) is 14.1. The molecule has 7 amide bonds. The van der Waals surface area contributed by atoms with Gasteiger partial charge in [0.05, 0.1) is 42.0 Å². The number of hydrogen-bond acceptors (Lipinski definition) is 13. The van der Waals surface area contributed by atoms with E-state index >= 15 is 0 Å². The van der Waals surface area contributed by atoms with Crippen molar-refractivity contribution in [1.29, 1.82) is 0 Å². The SMILES string of the molecule is CC(C)(C)c1cc(NC(=O)Nc2ccc(-n3cnc4cc(OCCCCCNc5cccc6c5C(=O)N(C5CCC(=O)N(COC(=O)N7CCC(N8CCOCC8)CC7)C5=O)C6=O)ccc43)cc2)n[nH]1. The molecule has 4 aliphatic rings. The zero-order chi connectivity index (χ0) is 48.9. The molecule has 9 rings (SSSR count). The first kappa shape index (κ1) is 47.7.